The zero-order valence-electron chi connectivity index (χ0n) is 16.7. The number of carboxylic acid groups (broad SMARTS) is 1. The van der Waals surface area contributed by atoms with Crippen molar-refractivity contribution in [3.05, 3.63) is 66.4 Å². The molecule has 0 bridgehead atoms. The van der Waals surface area contributed by atoms with E-state index in [4.69, 9.17) is 5.11 Å². The number of aromatic nitrogens is 1. The van der Waals surface area contributed by atoms with Gasteiger partial charge in [-0.05, 0) is 31.6 Å². The second-order valence-corrected chi connectivity index (χ2v) is 7.52. The minimum absolute atomic E-state index is 0.0224. The Morgan fingerprint density at radius 3 is 2.34 bits per heavy atom. The first-order valence-corrected chi connectivity index (χ1v) is 9.83. The summed E-state index contributed by atoms with van der Waals surface area (Å²) in [6.45, 7) is 4.23. The van der Waals surface area contributed by atoms with Crippen LogP contribution in [-0.4, -0.2) is 38.1 Å². The zero-order chi connectivity index (χ0) is 21.0. The molecule has 0 aliphatic carbocycles. The van der Waals surface area contributed by atoms with Crippen LogP contribution in [0, 0.1) is 0 Å². The summed E-state index contributed by atoms with van der Waals surface area (Å²) in [7, 11) is 0. The van der Waals surface area contributed by atoms with E-state index in [1.165, 1.54) is 0 Å². The van der Waals surface area contributed by atoms with Gasteiger partial charge in [0.1, 0.15) is 0 Å². The lowest BCUT2D eigenvalue weighted by molar-refractivity contribution is -0.139. The summed E-state index contributed by atoms with van der Waals surface area (Å²) in [5, 5.41) is 30.0. The van der Waals surface area contributed by atoms with E-state index in [2.05, 4.69) is 42.7 Å². The third kappa shape index (κ3) is 4.75. The van der Waals surface area contributed by atoms with Crippen LogP contribution in [0.3, 0.4) is 0 Å². The fraction of sp³-hybridized carbons (Fsp3) is 0.292. The first kappa shape index (κ1) is 20.8. The lowest BCUT2D eigenvalue weighted by atomic mass is 10.0. The lowest BCUT2D eigenvalue weighted by Gasteiger charge is -2.15. The van der Waals surface area contributed by atoms with Crippen LogP contribution in [0.2, 0.25) is 0 Å². The first-order valence-electron chi connectivity index (χ1n) is 9.83. The Bertz CT molecular complexity index is 1000. The third-order valence-electron chi connectivity index (χ3n) is 4.93. The molecule has 2 aromatic carbocycles. The van der Waals surface area contributed by atoms with Gasteiger partial charge in [-0.3, -0.25) is 4.79 Å². The van der Waals surface area contributed by atoms with Gasteiger partial charge < -0.3 is 19.9 Å². The molecule has 1 aromatic heterocycles. The molecule has 5 nitrogen and oxygen atoms in total. The number of fused-ring (bicyclic) bond motifs is 1. The molecule has 5 heteroatoms. The molecule has 0 amide bonds. The van der Waals surface area contributed by atoms with Gasteiger partial charge in [-0.25, -0.2) is 0 Å². The maximum atomic E-state index is 10.7. The van der Waals surface area contributed by atoms with E-state index in [1.54, 1.807) is 6.08 Å². The largest absolute Gasteiger partial charge is 0.481 e. The molecule has 2 atom stereocenters. The quantitative estimate of drug-likeness (QED) is 0.527. The van der Waals surface area contributed by atoms with Gasteiger partial charge in [0, 0.05) is 34.6 Å². The second-order valence-electron chi connectivity index (χ2n) is 7.52. The van der Waals surface area contributed by atoms with Gasteiger partial charge in [0.25, 0.3) is 0 Å². The van der Waals surface area contributed by atoms with E-state index in [9.17, 15) is 15.0 Å². The average Bonchev–Trinajstić information content (AvgIpc) is 3.00. The van der Waals surface area contributed by atoms with Crippen molar-refractivity contribution in [2.75, 3.05) is 0 Å². The topological polar surface area (TPSA) is 82.7 Å². The number of carboxylic acids is 1. The van der Waals surface area contributed by atoms with Crippen LogP contribution >= 0.6 is 0 Å². The van der Waals surface area contributed by atoms with Crippen LogP contribution in [0.1, 0.15) is 38.4 Å². The van der Waals surface area contributed by atoms with Crippen LogP contribution in [-0.2, 0) is 4.79 Å². The molecule has 0 saturated carbocycles. The fourth-order valence-corrected chi connectivity index (χ4v) is 3.76. The number of carbonyl (C=O) groups is 1. The highest BCUT2D eigenvalue weighted by Crippen LogP contribution is 2.37. The van der Waals surface area contributed by atoms with Crippen molar-refractivity contribution in [2.24, 2.45) is 0 Å². The minimum Gasteiger partial charge on any atom is -0.481 e. The van der Waals surface area contributed by atoms with Crippen LogP contribution in [0.15, 0.2) is 60.7 Å². The highest BCUT2D eigenvalue weighted by Gasteiger charge is 2.19. The van der Waals surface area contributed by atoms with Crippen molar-refractivity contribution in [1.29, 1.82) is 0 Å². The first-order chi connectivity index (χ1) is 13.9. The van der Waals surface area contributed by atoms with Crippen LogP contribution in [0.4, 0.5) is 0 Å². The number of nitrogens with zero attached hydrogens (tertiary/aromatic N) is 1. The molecular weight excluding hydrogens is 366 g/mol. The summed E-state index contributed by atoms with van der Waals surface area (Å²) < 4.78 is 2.23. The van der Waals surface area contributed by atoms with Crippen molar-refractivity contribution in [1.82, 2.24) is 4.57 Å². The number of aliphatic hydroxyl groups excluding tert-OH is 2. The maximum absolute atomic E-state index is 10.7. The Kier molecular flexibility index (Phi) is 6.52. The average molecular weight is 393 g/mol. The summed E-state index contributed by atoms with van der Waals surface area (Å²) in [4.78, 5) is 10.7. The molecule has 1 heterocycles. The normalized spacial score (nSPS) is 14.0. The summed E-state index contributed by atoms with van der Waals surface area (Å²) >= 11 is 0. The number of rotatable bonds is 8. The van der Waals surface area contributed by atoms with E-state index in [1.807, 2.05) is 36.4 Å². The maximum Gasteiger partial charge on any atom is 0.305 e. The van der Waals surface area contributed by atoms with E-state index < -0.39 is 18.2 Å². The number of hydrogen-bond acceptors (Lipinski definition) is 3. The molecule has 3 rings (SSSR count). The van der Waals surface area contributed by atoms with Crippen molar-refractivity contribution in [3.63, 3.8) is 0 Å². The van der Waals surface area contributed by atoms with Gasteiger partial charge >= 0.3 is 5.97 Å². The Morgan fingerprint density at radius 2 is 1.69 bits per heavy atom. The zero-order valence-corrected chi connectivity index (χ0v) is 16.7. The van der Waals surface area contributed by atoms with E-state index in [0.29, 0.717) is 0 Å². The van der Waals surface area contributed by atoms with Crippen molar-refractivity contribution in [3.8, 4) is 11.1 Å². The number of aliphatic hydroxyl groups is 2. The highest BCUT2D eigenvalue weighted by atomic mass is 16.4. The van der Waals surface area contributed by atoms with Gasteiger partial charge in [-0.2, -0.15) is 0 Å². The van der Waals surface area contributed by atoms with Crippen molar-refractivity contribution in [2.45, 2.75) is 44.9 Å². The van der Waals surface area contributed by atoms with Gasteiger partial charge in [-0.15, -0.1) is 0 Å². The van der Waals surface area contributed by atoms with Crippen LogP contribution < -0.4 is 0 Å². The molecule has 0 spiro atoms. The molecule has 0 aliphatic rings. The molecule has 29 heavy (non-hydrogen) atoms. The molecule has 0 fully saturated rings. The Morgan fingerprint density at radius 1 is 1.03 bits per heavy atom. The summed E-state index contributed by atoms with van der Waals surface area (Å²) in [5.41, 5.74) is 4.26. The number of hydrogen-bond donors (Lipinski definition) is 3. The van der Waals surface area contributed by atoms with Crippen LogP contribution in [0.25, 0.3) is 28.1 Å². The molecule has 3 aromatic rings. The standard InChI is InChI=1S/C24H27NO4/c1-16(2)25-21-11-7-6-10-20(21)24(17-8-4-3-5-9-17)22(25)13-12-18(26)14-19(27)15-23(28)29/h3-13,16,18-19,26-27H,14-15H2,1-2H3,(H,28,29)/t18-,19-/m1/s1. The monoisotopic (exact) mass is 393 g/mol. The van der Waals surface area contributed by atoms with E-state index >= 15 is 0 Å². The van der Waals surface area contributed by atoms with Crippen LogP contribution in [0.5, 0.6) is 0 Å². The molecule has 0 saturated heterocycles. The SMILES string of the molecule is CC(C)n1c(C=C[C@@H](O)C[C@@H](O)CC(=O)O)c(-c2ccccc2)c2ccccc21. The fourth-order valence-electron chi connectivity index (χ4n) is 3.76. The minimum atomic E-state index is -1.09. The predicted molar refractivity (Wildman–Crippen MR) is 116 cm³/mol. The highest BCUT2D eigenvalue weighted by molar-refractivity contribution is 6.01. The number of aliphatic carboxylic acids is 1. The van der Waals surface area contributed by atoms with Gasteiger partial charge in [0.15, 0.2) is 0 Å². The van der Waals surface area contributed by atoms with Crippen molar-refractivity contribution >= 4 is 22.9 Å². The lowest BCUT2D eigenvalue weighted by Crippen LogP contribution is -2.19. The number of para-hydroxylation sites is 1. The molecular formula is C24H27NO4. The predicted octanol–water partition coefficient (Wildman–Crippen LogP) is 4.49. The molecule has 0 aliphatic heterocycles. The summed E-state index contributed by atoms with van der Waals surface area (Å²) in [5.74, 6) is -1.08. The molecule has 152 valence electrons. The molecule has 3 N–H and O–H groups in total. The smallest absolute Gasteiger partial charge is 0.305 e. The summed E-state index contributed by atoms with van der Waals surface area (Å²) in [6, 6.07) is 18.5. The Labute approximate surface area is 170 Å². The second kappa shape index (κ2) is 9.07. The van der Waals surface area contributed by atoms with E-state index in [-0.39, 0.29) is 18.9 Å². The van der Waals surface area contributed by atoms with Gasteiger partial charge in [0.2, 0.25) is 0 Å². The van der Waals surface area contributed by atoms with Crippen molar-refractivity contribution < 1.29 is 20.1 Å². The third-order valence-corrected chi connectivity index (χ3v) is 4.93. The molecule has 0 unspecified atom stereocenters. The van der Waals surface area contributed by atoms with Gasteiger partial charge in [-0.1, -0.05) is 54.6 Å². The molecule has 0 radical (unpaired) electrons. The van der Waals surface area contributed by atoms with E-state index in [0.717, 1.165) is 27.7 Å². The summed E-state index contributed by atoms with van der Waals surface area (Å²) in [6.07, 6.45) is 1.08. The van der Waals surface area contributed by atoms with Gasteiger partial charge in [0.05, 0.1) is 18.6 Å². The Hall–Kier alpha value is -2.89. The Balaban J connectivity index is 2.06. The number of benzene rings is 2.